The van der Waals surface area contributed by atoms with E-state index in [1.54, 1.807) is 0 Å². The largest absolute Gasteiger partial charge is 0.383 e. The van der Waals surface area contributed by atoms with Gasteiger partial charge in [-0.25, -0.2) is 0 Å². The second-order valence-corrected chi connectivity index (χ2v) is 8.65. The maximum Gasteiger partial charge on any atom is 0.0525 e. The highest BCUT2D eigenvalue weighted by atomic mass is 79.9. The zero-order valence-corrected chi connectivity index (χ0v) is 18.5. The molecule has 1 aliphatic rings. The molecule has 2 N–H and O–H groups in total. The third kappa shape index (κ3) is 3.38. The fraction of sp³-hybridized carbons (Fsp3) is 0.478. The van der Waals surface area contributed by atoms with Gasteiger partial charge >= 0.3 is 0 Å². The van der Waals surface area contributed by atoms with Gasteiger partial charge in [0.1, 0.15) is 0 Å². The lowest BCUT2D eigenvalue weighted by molar-refractivity contribution is 0.887. The molecule has 0 amide bonds. The molecule has 0 saturated carbocycles. The van der Waals surface area contributed by atoms with Gasteiger partial charge in [0.15, 0.2) is 0 Å². The number of nitrogens with one attached hydrogen (secondary N) is 2. The number of benzene rings is 2. The minimum Gasteiger partial charge on any atom is -0.383 e. The molecule has 0 bridgehead atoms. The molecule has 140 valence electrons. The van der Waals surface area contributed by atoms with Gasteiger partial charge in [-0.3, -0.25) is 0 Å². The third-order valence-corrected chi connectivity index (χ3v) is 5.97. The van der Waals surface area contributed by atoms with Crippen LogP contribution in [-0.4, -0.2) is 12.1 Å². The van der Waals surface area contributed by atoms with Crippen molar-refractivity contribution in [3.05, 3.63) is 44.9 Å². The van der Waals surface area contributed by atoms with Crippen molar-refractivity contribution in [3.8, 4) is 11.1 Å². The van der Waals surface area contributed by atoms with E-state index in [9.17, 15) is 0 Å². The molecule has 3 heteroatoms. The summed E-state index contributed by atoms with van der Waals surface area (Å²) in [7, 11) is 0. The Balaban J connectivity index is 2.23. The number of anilines is 2. The van der Waals surface area contributed by atoms with Gasteiger partial charge in [-0.2, -0.15) is 0 Å². The number of rotatable bonds is 6. The molecule has 0 saturated heterocycles. The van der Waals surface area contributed by atoms with Gasteiger partial charge in [0.25, 0.3) is 0 Å². The molecule has 2 aromatic rings. The summed E-state index contributed by atoms with van der Waals surface area (Å²) >= 11 is 3.96. The maximum atomic E-state index is 3.96. The van der Waals surface area contributed by atoms with Gasteiger partial charge < -0.3 is 10.6 Å². The summed E-state index contributed by atoms with van der Waals surface area (Å²) in [5.41, 5.74) is 11.2. The standard InChI is InChI=1S/C23H31BrN2/c1-7-17-18(8-2)23(26-14(5)6)22(24)20-11-15-9-10-16(25-13(3)4)12-19(15)21(17)20/h9-10,12-14,25-26H,7-8,11H2,1-6H3. The molecular weight excluding hydrogens is 384 g/mol. The van der Waals surface area contributed by atoms with Crippen molar-refractivity contribution in [3.63, 3.8) is 0 Å². The van der Waals surface area contributed by atoms with Crippen molar-refractivity contribution in [2.45, 2.75) is 72.9 Å². The van der Waals surface area contributed by atoms with E-state index < -0.39 is 0 Å². The summed E-state index contributed by atoms with van der Waals surface area (Å²) in [5.74, 6) is 0. The van der Waals surface area contributed by atoms with Gasteiger partial charge in [0.2, 0.25) is 0 Å². The van der Waals surface area contributed by atoms with Crippen LogP contribution in [0.25, 0.3) is 11.1 Å². The van der Waals surface area contributed by atoms with E-state index >= 15 is 0 Å². The summed E-state index contributed by atoms with van der Waals surface area (Å²) < 4.78 is 1.25. The van der Waals surface area contributed by atoms with Crippen LogP contribution in [-0.2, 0) is 19.3 Å². The normalized spacial score (nSPS) is 12.5. The first-order valence-corrected chi connectivity index (χ1v) is 10.7. The Labute approximate surface area is 166 Å². The molecule has 26 heavy (non-hydrogen) atoms. The van der Waals surface area contributed by atoms with Gasteiger partial charge in [-0.1, -0.05) is 19.9 Å². The molecule has 2 aromatic carbocycles. The van der Waals surface area contributed by atoms with Gasteiger partial charge in [-0.05, 0) is 108 Å². The Bertz CT molecular complexity index is 822. The Hall–Kier alpha value is -1.48. The fourth-order valence-electron chi connectivity index (χ4n) is 4.16. The minimum atomic E-state index is 0.421. The fourth-order valence-corrected chi connectivity index (χ4v) is 4.86. The Morgan fingerprint density at radius 3 is 2.19 bits per heavy atom. The van der Waals surface area contributed by atoms with Crippen LogP contribution in [0.1, 0.15) is 63.8 Å². The summed E-state index contributed by atoms with van der Waals surface area (Å²) in [4.78, 5) is 0. The minimum absolute atomic E-state index is 0.421. The van der Waals surface area contributed by atoms with Crippen LogP contribution >= 0.6 is 15.9 Å². The highest BCUT2D eigenvalue weighted by molar-refractivity contribution is 9.10. The molecule has 0 spiro atoms. The summed E-state index contributed by atoms with van der Waals surface area (Å²) in [6.07, 6.45) is 3.12. The van der Waals surface area contributed by atoms with Crippen molar-refractivity contribution in [1.82, 2.24) is 0 Å². The topological polar surface area (TPSA) is 24.1 Å². The predicted molar refractivity (Wildman–Crippen MR) is 119 cm³/mol. The lowest BCUT2D eigenvalue weighted by Gasteiger charge is -2.23. The Morgan fingerprint density at radius 2 is 1.62 bits per heavy atom. The summed E-state index contributed by atoms with van der Waals surface area (Å²) in [6, 6.07) is 7.73. The zero-order chi connectivity index (χ0) is 19.0. The first kappa shape index (κ1) is 19.3. The van der Waals surface area contributed by atoms with Crippen molar-refractivity contribution in [2.24, 2.45) is 0 Å². The molecule has 0 unspecified atom stereocenters. The van der Waals surface area contributed by atoms with E-state index in [0.29, 0.717) is 12.1 Å². The lowest BCUT2D eigenvalue weighted by Crippen LogP contribution is -2.14. The highest BCUT2D eigenvalue weighted by Gasteiger charge is 2.28. The van der Waals surface area contributed by atoms with Crippen molar-refractivity contribution >= 4 is 27.3 Å². The predicted octanol–water partition coefficient (Wildman–Crippen LogP) is 6.79. The average molecular weight is 415 g/mol. The van der Waals surface area contributed by atoms with Gasteiger partial charge in [-0.15, -0.1) is 0 Å². The van der Waals surface area contributed by atoms with E-state index in [0.717, 1.165) is 19.3 Å². The van der Waals surface area contributed by atoms with Crippen LogP contribution in [0.15, 0.2) is 22.7 Å². The molecule has 0 radical (unpaired) electrons. The smallest absolute Gasteiger partial charge is 0.0525 e. The molecular formula is C23H31BrN2. The molecule has 1 aliphatic carbocycles. The SMILES string of the molecule is CCc1c(CC)c2c(c(Br)c1NC(C)C)Cc1ccc(NC(C)C)cc1-2. The van der Waals surface area contributed by atoms with Crippen LogP contribution in [0, 0.1) is 0 Å². The van der Waals surface area contributed by atoms with Gasteiger partial charge in [0.05, 0.1) is 5.69 Å². The van der Waals surface area contributed by atoms with Crippen LogP contribution in [0.4, 0.5) is 11.4 Å². The van der Waals surface area contributed by atoms with Crippen molar-refractivity contribution in [1.29, 1.82) is 0 Å². The van der Waals surface area contributed by atoms with E-state index in [1.807, 2.05) is 0 Å². The molecule has 0 aliphatic heterocycles. The quantitative estimate of drug-likeness (QED) is 0.463. The third-order valence-electron chi connectivity index (χ3n) is 5.10. The summed E-state index contributed by atoms with van der Waals surface area (Å²) in [5, 5.41) is 7.26. The number of fused-ring (bicyclic) bond motifs is 3. The second kappa shape index (κ2) is 7.64. The molecule has 0 atom stereocenters. The number of hydrogen-bond donors (Lipinski definition) is 2. The van der Waals surface area contributed by atoms with Crippen LogP contribution in [0.5, 0.6) is 0 Å². The van der Waals surface area contributed by atoms with Crippen molar-refractivity contribution < 1.29 is 0 Å². The van der Waals surface area contributed by atoms with E-state index in [1.165, 1.54) is 49.2 Å². The number of halogens is 1. The lowest BCUT2D eigenvalue weighted by atomic mass is 9.90. The Kier molecular flexibility index (Phi) is 5.67. The first-order valence-electron chi connectivity index (χ1n) is 9.89. The number of hydrogen-bond acceptors (Lipinski definition) is 2. The second-order valence-electron chi connectivity index (χ2n) is 7.85. The average Bonchev–Trinajstić information content (AvgIpc) is 2.95. The van der Waals surface area contributed by atoms with E-state index in [-0.39, 0.29) is 0 Å². The van der Waals surface area contributed by atoms with Gasteiger partial charge in [0, 0.05) is 22.2 Å². The molecule has 0 fully saturated rings. The van der Waals surface area contributed by atoms with Crippen LogP contribution < -0.4 is 10.6 Å². The molecule has 3 rings (SSSR count). The maximum absolute atomic E-state index is 3.96. The van der Waals surface area contributed by atoms with Crippen LogP contribution in [0.2, 0.25) is 0 Å². The Morgan fingerprint density at radius 1 is 0.962 bits per heavy atom. The highest BCUT2D eigenvalue weighted by Crippen LogP contribution is 2.48. The molecule has 2 nitrogen and oxygen atoms in total. The monoisotopic (exact) mass is 414 g/mol. The molecule has 0 heterocycles. The zero-order valence-electron chi connectivity index (χ0n) is 16.9. The van der Waals surface area contributed by atoms with E-state index in [2.05, 4.69) is 86.3 Å². The summed E-state index contributed by atoms with van der Waals surface area (Å²) in [6.45, 7) is 13.4. The van der Waals surface area contributed by atoms with Crippen molar-refractivity contribution in [2.75, 3.05) is 10.6 Å². The van der Waals surface area contributed by atoms with Crippen LogP contribution in [0.3, 0.4) is 0 Å². The molecule has 0 aromatic heterocycles. The van der Waals surface area contributed by atoms with E-state index in [4.69, 9.17) is 0 Å². The first-order chi connectivity index (χ1) is 12.4.